The maximum absolute atomic E-state index is 9.20. The van der Waals surface area contributed by atoms with E-state index in [2.05, 4.69) is 238 Å². The molecule has 0 fully saturated rings. The molecule has 12 rings (SSSR count). The molecule has 0 unspecified atom stereocenters. The van der Waals surface area contributed by atoms with Crippen LogP contribution < -0.4 is 9.80 Å². The van der Waals surface area contributed by atoms with Gasteiger partial charge in [-0.2, -0.15) is 0 Å². The van der Waals surface area contributed by atoms with E-state index in [1.54, 1.807) is 0 Å². The number of halogens is 1. The predicted molar refractivity (Wildman–Crippen MR) is 334 cm³/mol. The highest BCUT2D eigenvalue weighted by atomic mass is 35.5. The number of anilines is 6. The molecular formula is C74H62ClN3. The Morgan fingerprint density at radius 2 is 0.885 bits per heavy atom. The molecule has 78 heavy (non-hydrogen) atoms. The molecule has 4 heteroatoms. The second-order valence-corrected chi connectivity index (χ2v) is 22.4. The van der Waals surface area contributed by atoms with E-state index in [1.165, 1.54) is 5.56 Å². The van der Waals surface area contributed by atoms with Gasteiger partial charge in [-0.3, -0.25) is 0 Å². The zero-order chi connectivity index (χ0) is 57.9. The fourth-order valence-electron chi connectivity index (χ4n) is 10.9. The second kappa shape index (κ2) is 20.6. The summed E-state index contributed by atoms with van der Waals surface area (Å²) in [6, 6.07) is 81.0. The van der Waals surface area contributed by atoms with Crippen molar-refractivity contribution in [1.29, 1.82) is 0 Å². The Morgan fingerprint density at radius 3 is 1.50 bits per heavy atom. The van der Waals surface area contributed by atoms with Gasteiger partial charge in [0.05, 0.1) is 29.3 Å². The summed E-state index contributed by atoms with van der Waals surface area (Å²) in [6.45, 7) is 13.5. The summed E-state index contributed by atoms with van der Waals surface area (Å²) >= 11 is 7.19. The van der Waals surface area contributed by atoms with Gasteiger partial charge in [0.15, 0.2) is 0 Å². The van der Waals surface area contributed by atoms with E-state index in [1.807, 2.05) is 54.6 Å². The van der Waals surface area contributed by atoms with E-state index in [0.29, 0.717) is 16.3 Å². The van der Waals surface area contributed by atoms with Crippen molar-refractivity contribution in [2.45, 2.75) is 52.4 Å². The third-order valence-electron chi connectivity index (χ3n) is 14.8. The van der Waals surface area contributed by atoms with Gasteiger partial charge in [-0.05, 0) is 123 Å². The van der Waals surface area contributed by atoms with Gasteiger partial charge in [-0.15, -0.1) is 0 Å². The van der Waals surface area contributed by atoms with Crippen molar-refractivity contribution in [2.24, 2.45) is 0 Å². The van der Waals surface area contributed by atoms with Gasteiger partial charge in [0, 0.05) is 60.9 Å². The average Bonchev–Trinajstić information content (AvgIpc) is 2.31. The molecule has 0 atom stereocenters. The van der Waals surface area contributed by atoms with Gasteiger partial charge in [-0.25, -0.2) is 0 Å². The minimum Gasteiger partial charge on any atom is -0.309 e. The van der Waals surface area contributed by atoms with Gasteiger partial charge in [0.25, 0.3) is 0 Å². The summed E-state index contributed by atoms with van der Waals surface area (Å²) in [5, 5.41) is 2.74. The first kappa shape index (κ1) is 44.3. The molecule has 0 aliphatic carbocycles. The monoisotopic (exact) mass is 1030 g/mol. The standard InChI is InChI=1S/C74H62ClN3/c1-73(2,3)56-42-40-54(41-43-56)66-44-45-69-70(67-36-19-20-39-68(67)78(69)59-32-17-10-18-33-59)72(66)77(61-35-22-31-58(75)49-61)63-48-57(74(4,5)6)47-62(50-63)76(60-34-21-30-55(46-60)51-24-11-7-12-25-51)71-64(52-26-13-8-14-27-52)37-23-38-65(71)53-28-15-9-16-29-53/h7-50H,1-6H3/i7D,11D,12D,24D,25D. The summed E-state index contributed by atoms with van der Waals surface area (Å²) in [7, 11) is 0. The number of para-hydroxylation sites is 3. The molecule has 380 valence electrons. The maximum Gasteiger partial charge on any atom is 0.0640 e. The van der Waals surface area contributed by atoms with Crippen LogP contribution in [0.25, 0.3) is 72.0 Å². The Balaban J connectivity index is 1.23. The molecule has 1 aromatic heterocycles. The Hall–Kier alpha value is -8.89. The minimum absolute atomic E-state index is 0.0648. The molecule has 0 spiro atoms. The quantitative estimate of drug-likeness (QED) is 0.128. The smallest absolute Gasteiger partial charge is 0.0640 e. The van der Waals surface area contributed by atoms with Gasteiger partial charge in [0.2, 0.25) is 0 Å². The molecule has 0 aliphatic heterocycles. The van der Waals surface area contributed by atoms with E-state index in [-0.39, 0.29) is 35.1 Å². The normalized spacial score (nSPS) is 12.7. The van der Waals surface area contributed by atoms with Crippen LogP contribution in [0, 0.1) is 0 Å². The summed E-state index contributed by atoms with van der Waals surface area (Å²) in [4.78, 5) is 4.69. The fraction of sp³-hybridized carbons (Fsp3) is 0.108. The molecular weight excluding hydrogens is 966 g/mol. The van der Waals surface area contributed by atoms with Crippen LogP contribution in [-0.2, 0) is 10.8 Å². The predicted octanol–water partition coefficient (Wildman–Crippen LogP) is 21.6. The number of aromatic nitrogens is 1. The van der Waals surface area contributed by atoms with E-state index in [9.17, 15) is 2.74 Å². The Kier molecular flexibility index (Phi) is 11.7. The Bertz CT molecular complexity index is 4330. The topological polar surface area (TPSA) is 11.4 Å². The first-order valence-electron chi connectivity index (χ1n) is 29.1. The highest BCUT2D eigenvalue weighted by molar-refractivity contribution is 6.31. The van der Waals surface area contributed by atoms with Crippen LogP contribution >= 0.6 is 11.6 Å². The van der Waals surface area contributed by atoms with E-state index in [0.717, 1.165) is 94.9 Å². The number of nitrogens with zero attached hydrogens (tertiary/aromatic N) is 3. The molecule has 0 saturated heterocycles. The number of fused-ring (bicyclic) bond motifs is 3. The van der Waals surface area contributed by atoms with Crippen molar-refractivity contribution in [3.05, 3.63) is 283 Å². The lowest BCUT2D eigenvalue weighted by Gasteiger charge is -2.35. The van der Waals surface area contributed by atoms with Crippen molar-refractivity contribution in [2.75, 3.05) is 9.80 Å². The molecule has 11 aromatic carbocycles. The van der Waals surface area contributed by atoms with E-state index < -0.39 is 11.5 Å². The molecule has 1 heterocycles. The number of benzene rings is 11. The summed E-state index contributed by atoms with van der Waals surface area (Å²) in [5.74, 6) is 0. The lowest BCUT2D eigenvalue weighted by Crippen LogP contribution is -2.19. The zero-order valence-corrected chi connectivity index (χ0v) is 45.5. The highest BCUT2D eigenvalue weighted by Crippen LogP contribution is 2.53. The highest BCUT2D eigenvalue weighted by Gasteiger charge is 2.30. The van der Waals surface area contributed by atoms with Gasteiger partial charge < -0.3 is 14.4 Å². The summed E-state index contributed by atoms with van der Waals surface area (Å²) in [6.07, 6.45) is 0. The zero-order valence-electron chi connectivity index (χ0n) is 49.7. The van der Waals surface area contributed by atoms with Gasteiger partial charge in [0.1, 0.15) is 0 Å². The maximum atomic E-state index is 9.20. The van der Waals surface area contributed by atoms with Crippen LogP contribution in [0.2, 0.25) is 5.02 Å². The number of rotatable bonds is 11. The SMILES string of the molecule is [2H]c1c([2H])c([2H])c(-c2cccc(N(c3cc(N(c4cccc(Cl)c4)c4c(-c5ccc(C(C)(C)C)cc5)ccc5c4c4ccccc4n5-c4ccccc4)cc(C(C)(C)C)c3)c3c(-c4ccccc4)cccc3-c3ccccc3)c2)c([2H])c1[2H]. The minimum atomic E-state index is -0.438. The lowest BCUT2D eigenvalue weighted by atomic mass is 9.85. The molecule has 0 N–H and O–H groups in total. The van der Waals surface area contributed by atoms with Gasteiger partial charge in [-0.1, -0.05) is 247 Å². The van der Waals surface area contributed by atoms with Crippen LogP contribution in [0.1, 0.15) is 59.5 Å². The molecule has 0 aliphatic rings. The molecule has 0 saturated carbocycles. The van der Waals surface area contributed by atoms with Crippen LogP contribution in [0.5, 0.6) is 0 Å². The van der Waals surface area contributed by atoms with Crippen LogP contribution in [-0.4, -0.2) is 4.57 Å². The number of hydrogen-bond acceptors (Lipinski definition) is 2. The Labute approximate surface area is 471 Å². The van der Waals surface area contributed by atoms with Crippen molar-refractivity contribution in [3.8, 4) is 50.2 Å². The van der Waals surface area contributed by atoms with Gasteiger partial charge >= 0.3 is 0 Å². The Morgan fingerprint density at radius 1 is 0.372 bits per heavy atom. The molecule has 3 nitrogen and oxygen atoms in total. The van der Waals surface area contributed by atoms with Crippen LogP contribution in [0.15, 0.2) is 267 Å². The van der Waals surface area contributed by atoms with E-state index in [4.69, 9.17) is 15.7 Å². The third kappa shape index (κ3) is 9.57. The first-order valence-corrected chi connectivity index (χ1v) is 27.0. The molecule has 0 bridgehead atoms. The van der Waals surface area contributed by atoms with Crippen molar-refractivity contribution in [3.63, 3.8) is 0 Å². The number of hydrogen-bond donors (Lipinski definition) is 0. The molecule has 12 aromatic rings. The third-order valence-corrected chi connectivity index (χ3v) is 15.0. The largest absolute Gasteiger partial charge is 0.309 e. The van der Waals surface area contributed by atoms with E-state index >= 15 is 0 Å². The van der Waals surface area contributed by atoms with Crippen LogP contribution in [0.4, 0.5) is 34.1 Å². The fourth-order valence-corrected chi connectivity index (χ4v) is 11.1. The van der Waals surface area contributed by atoms with Crippen LogP contribution in [0.3, 0.4) is 0 Å². The second-order valence-electron chi connectivity index (χ2n) is 22.0. The average molecular weight is 1030 g/mol. The summed E-state index contributed by atoms with van der Waals surface area (Å²) < 4.78 is 46.8. The van der Waals surface area contributed by atoms with Crippen molar-refractivity contribution < 1.29 is 6.85 Å². The molecule has 0 radical (unpaired) electrons. The molecule has 0 amide bonds. The van der Waals surface area contributed by atoms with Crippen molar-refractivity contribution in [1.82, 2.24) is 4.57 Å². The lowest BCUT2D eigenvalue weighted by molar-refractivity contribution is 0.590. The van der Waals surface area contributed by atoms with Crippen molar-refractivity contribution >= 4 is 67.5 Å². The summed E-state index contributed by atoms with van der Waals surface area (Å²) in [5.41, 5.74) is 16.7. The first-order chi connectivity index (χ1) is 40.0.